The Labute approximate surface area is 331 Å². The molecule has 0 fully saturated rings. The second-order valence-electron chi connectivity index (χ2n) is 16.0. The Bertz CT molecular complexity index is 3960. The summed E-state index contributed by atoms with van der Waals surface area (Å²) in [5.41, 5.74) is 13.6. The fourth-order valence-electron chi connectivity index (χ4n) is 10.3. The van der Waals surface area contributed by atoms with E-state index in [0.717, 1.165) is 44.1 Å². The molecule has 0 atom stereocenters. The van der Waals surface area contributed by atoms with Crippen LogP contribution in [-0.2, 0) is 0 Å². The van der Waals surface area contributed by atoms with E-state index in [1.54, 1.807) is 0 Å². The van der Waals surface area contributed by atoms with E-state index >= 15 is 0 Å². The molecular weight excluding hydrogens is 705 g/mol. The molecule has 2 aromatic heterocycles. The number of fused-ring (bicyclic) bond motifs is 17. The van der Waals surface area contributed by atoms with Crippen molar-refractivity contribution in [1.29, 1.82) is 0 Å². The van der Waals surface area contributed by atoms with E-state index in [1.807, 2.05) is 0 Å². The van der Waals surface area contributed by atoms with Crippen LogP contribution in [0.15, 0.2) is 191 Å². The zero-order valence-corrected chi connectivity index (χ0v) is 31.1. The third-order valence-corrected chi connectivity index (χ3v) is 13.0. The topological polar surface area (TPSA) is 26.3 Å². The van der Waals surface area contributed by atoms with Gasteiger partial charge in [0.15, 0.2) is 0 Å². The number of benzene rings is 11. The van der Waals surface area contributed by atoms with Gasteiger partial charge in [0.2, 0.25) is 0 Å². The van der Waals surface area contributed by atoms with Crippen molar-refractivity contribution in [3.63, 3.8) is 0 Å². The third kappa shape index (κ3) is 4.06. The van der Waals surface area contributed by atoms with Crippen LogP contribution in [0.3, 0.4) is 0 Å². The lowest BCUT2D eigenvalue weighted by molar-refractivity contribution is 0.669. The van der Waals surface area contributed by atoms with Crippen molar-refractivity contribution in [2.24, 2.45) is 0 Å². The SMILES string of the molecule is c1cc2c3c(cccc3c1)-c1cc(-c3ccc4oc5ccc(-c6ccc7c(c6)c6ccccc6c6cc8oc9ccc%10ccccc%10c9c8cc76)cc5c4c3)ccc1-2. The van der Waals surface area contributed by atoms with Gasteiger partial charge < -0.3 is 8.83 Å². The van der Waals surface area contributed by atoms with Crippen molar-refractivity contribution < 1.29 is 8.83 Å². The Kier molecular flexibility index (Phi) is 5.79. The number of rotatable bonds is 2. The lowest BCUT2D eigenvalue weighted by Crippen LogP contribution is -1.85. The monoisotopic (exact) mass is 734 g/mol. The number of hydrogen-bond acceptors (Lipinski definition) is 2. The van der Waals surface area contributed by atoms with Crippen LogP contribution < -0.4 is 0 Å². The van der Waals surface area contributed by atoms with E-state index < -0.39 is 0 Å². The van der Waals surface area contributed by atoms with Crippen LogP contribution in [0.4, 0.5) is 0 Å². The van der Waals surface area contributed by atoms with Gasteiger partial charge in [-0.05, 0) is 153 Å². The van der Waals surface area contributed by atoms with E-state index in [4.69, 9.17) is 8.83 Å². The summed E-state index contributed by atoms with van der Waals surface area (Å²) >= 11 is 0. The van der Waals surface area contributed by atoms with Crippen molar-refractivity contribution in [2.75, 3.05) is 0 Å². The van der Waals surface area contributed by atoms with Gasteiger partial charge in [0.25, 0.3) is 0 Å². The van der Waals surface area contributed by atoms with Crippen molar-refractivity contribution in [2.45, 2.75) is 0 Å². The van der Waals surface area contributed by atoms with Crippen LogP contribution in [0.5, 0.6) is 0 Å². The molecule has 0 amide bonds. The molecule has 11 aromatic carbocycles. The van der Waals surface area contributed by atoms with Crippen LogP contribution in [0.25, 0.3) is 142 Å². The largest absolute Gasteiger partial charge is 0.456 e. The molecule has 2 nitrogen and oxygen atoms in total. The van der Waals surface area contributed by atoms with Crippen molar-refractivity contribution in [3.8, 4) is 44.5 Å². The zero-order chi connectivity index (χ0) is 37.6. The van der Waals surface area contributed by atoms with Gasteiger partial charge in [-0.1, -0.05) is 127 Å². The summed E-state index contributed by atoms with van der Waals surface area (Å²) < 4.78 is 13.0. The van der Waals surface area contributed by atoms with Crippen molar-refractivity contribution in [1.82, 2.24) is 0 Å². The van der Waals surface area contributed by atoms with Gasteiger partial charge in [-0.3, -0.25) is 0 Å². The maximum absolute atomic E-state index is 6.53. The average molecular weight is 735 g/mol. The Morgan fingerprint density at radius 2 is 0.759 bits per heavy atom. The molecular formula is C56H30O2. The van der Waals surface area contributed by atoms with Crippen molar-refractivity contribution >= 4 is 97.7 Å². The summed E-state index contributed by atoms with van der Waals surface area (Å²) in [5.74, 6) is 0. The molecule has 0 bridgehead atoms. The van der Waals surface area contributed by atoms with E-state index in [-0.39, 0.29) is 0 Å². The molecule has 58 heavy (non-hydrogen) atoms. The molecule has 0 radical (unpaired) electrons. The predicted molar refractivity (Wildman–Crippen MR) is 244 cm³/mol. The smallest absolute Gasteiger partial charge is 0.136 e. The lowest BCUT2D eigenvalue weighted by Gasteiger charge is -2.12. The first-order valence-corrected chi connectivity index (χ1v) is 20.0. The molecule has 0 unspecified atom stereocenters. The number of hydrogen-bond donors (Lipinski definition) is 0. The summed E-state index contributed by atoms with van der Waals surface area (Å²) in [5, 5.41) is 17.1. The maximum atomic E-state index is 6.53. The Morgan fingerprint density at radius 1 is 0.224 bits per heavy atom. The standard InChI is InChI=1S/C56H30O2/c1-2-10-37-31(7-1)17-24-53-56(37)50-29-46-41-21-16-33(25-44(41)38-11-3-4-12-39(38)47(46)30-54(50)58-53)35-18-22-51-48(27-35)49-28-36(19-23-52(49)57-51)34-15-20-40-42-13-5-8-32-9-6-14-43(55(32)42)45(40)26-34/h1-30H. The summed E-state index contributed by atoms with van der Waals surface area (Å²) in [6, 6.07) is 66.7. The van der Waals surface area contributed by atoms with Gasteiger partial charge in [-0.15, -0.1) is 0 Å². The maximum Gasteiger partial charge on any atom is 0.136 e. The quantitative estimate of drug-likeness (QED) is 0.165. The molecule has 266 valence electrons. The third-order valence-electron chi connectivity index (χ3n) is 13.0. The molecule has 0 saturated heterocycles. The lowest BCUT2D eigenvalue weighted by atomic mass is 9.91. The van der Waals surface area contributed by atoms with Gasteiger partial charge in [0, 0.05) is 21.5 Å². The zero-order valence-electron chi connectivity index (χ0n) is 31.1. The van der Waals surface area contributed by atoms with E-state index in [9.17, 15) is 0 Å². The van der Waals surface area contributed by atoms with Crippen LogP contribution >= 0.6 is 0 Å². The molecule has 2 heterocycles. The molecule has 1 aliphatic rings. The molecule has 0 saturated carbocycles. The highest BCUT2D eigenvalue weighted by Crippen LogP contribution is 2.49. The first kappa shape index (κ1) is 30.5. The van der Waals surface area contributed by atoms with E-state index in [0.29, 0.717) is 0 Å². The molecule has 2 heteroatoms. The molecule has 13 aromatic rings. The minimum absolute atomic E-state index is 0.896. The summed E-state index contributed by atoms with van der Waals surface area (Å²) in [7, 11) is 0. The summed E-state index contributed by atoms with van der Waals surface area (Å²) in [6.07, 6.45) is 0. The van der Waals surface area contributed by atoms with E-state index in [1.165, 1.54) is 98.2 Å². The minimum atomic E-state index is 0.896. The highest BCUT2D eigenvalue weighted by atomic mass is 16.3. The Morgan fingerprint density at radius 3 is 1.52 bits per heavy atom. The van der Waals surface area contributed by atoms with E-state index in [2.05, 4.69) is 182 Å². The molecule has 14 rings (SSSR count). The van der Waals surface area contributed by atoms with Crippen LogP contribution in [0.2, 0.25) is 0 Å². The molecule has 1 aliphatic carbocycles. The van der Waals surface area contributed by atoms with Gasteiger partial charge in [-0.2, -0.15) is 0 Å². The normalized spacial score (nSPS) is 12.5. The first-order valence-electron chi connectivity index (χ1n) is 20.0. The van der Waals surface area contributed by atoms with Crippen LogP contribution in [0, 0.1) is 0 Å². The first-order chi connectivity index (χ1) is 28.7. The highest BCUT2D eigenvalue weighted by Gasteiger charge is 2.22. The minimum Gasteiger partial charge on any atom is -0.456 e. The number of furan rings is 2. The second-order valence-corrected chi connectivity index (χ2v) is 16.0. The predicted octanol–water partition coefficient (Wildman–Crippen LogP) is 16.2. The Balaban J connectivity index is 0.930. The fourth-order valence-corrected chi connectivity index (χ4v) is 10.3. The second kappa shape index (κ2) is 11.0. The van der Waals surface area contributed by atoms with Gasteiger partial charge in [0.1, 0.15) is 22.3 Å². The molecule has 0 aliphatic heterocycles. The van der Waals surface area contributed by atoms with Gasteiger partial charge in [-0.25, -0.2) is 0 Å². The van der Waals surface area contributed by atoms with Crippen molar-refractivity contribution in [3.05, 3.63) is 182 Å². The van der Waals surface area contributed by atoms with Crippen LogP contribution in [-0.4, -0.2) is 0 Å². The fraction of sp³-hybridized carbons (Fsp3) is 0. The van der Waals surface area contributed by atoms with Gasteiger partial charge in [0.05, 0.1) is 0 Å². The summed E-state index contributed by atoms with van der Waals surface area (Å²) in [4.78, 5) is 0. The van der Waals surface area contributed by atoms with Gasteiger partial charge >= 0.3 is 0 Å². The average Bonchev–Trinajstić information content (AvgIpc) is 3.95. The highest BCUT2D eigenvalue weighted by molar-refractivity contribution is 6.30. The Hall–Kier alpha value is -7.68. The molecule has 0 N–H and O–H groups in total. The summed E-state index contributed by atoms with van der Waals surface area (Å²) in [6.45, 7) is 0. The van der Waals surface area contributed by atoms with Crippen LogP contribution in [0.1, 0.15) is 0 Å². The molecule has 0 spiro atoms.